The first kappa shape index (κ1) is 17.8. The second-order valence-electron chi connectivity index (χ2n) is 4.88. The van der Waals surface area contributed by atoms with Crippen molar-refractivity contribution in [2.75, 3.05) is 26.1 Å². The Morgan fingerprint density at radius 1 is 1.24 bits per heavy atom. The van der Waals surface area contributed by atoms with E-state index in [-0.39, 0.29) is 5.91 Å². The highest BCUT2D eigenvalue weighted by Crippen LogP contribution is 2.28. The van der Waals surface area contributed by atoms with Crippen molar-refractivity contribution in [2.45, 2.75) is 26.2 Å². The molecule has 5 heteroatoms. The highest BCUT2D eigenvalue weighted by atomic mass is 79.9. The van der Waals surface area contributed by atoms with Gasteiger partial charge in [-0.15, -0.1) is 0 Å². The number of ether oxygens (including phenoxy) is 2. The van der Waals surface area contributed by atoms with Gasteiger partial charge in [0.1, 0.15) is 17.1 Å². The molecule has 0 radical (unpaired) electrons. The van der Waals surface area contributed by atoms with Gasteiger partial charge in [-0.2, -0.15) is 0 Å². The molecule has 0 aliphatic carbocycles. The molecule has 0 bridgehead atoms. The number of benzene rings is 1. The number of carbonyl (C=O) groups excluding carboxylic acids is 1. The summed E-state index contributed by atoms with van der Waals surface area (Å²) < 4.78 is 10.5. The maximum atomic E-state index is 12.4. The van der Waals surface area contributed by atoms with Crippen LogP contribution in [0.2, 0.25) is 0 Å². The van der Waals surface area contributed by atoms with Crippen molar-refractivity contribution < 1.29 is 14.3 Å². The maximum absolute atomic E-state index is 12.4. The van der Waals surface area contributed by atoms with Crippen LogP contribution in [0.4, 0.5) is 0 Å². The van der Waals surface area contributed by atoms with E-state index in [1.165, 1.54) is 0 Å². The lowest BCUT2D eigenvalue weighted by atomic mass is 10.0. The zero-order valence-corrected chi connectivity index (χ0v) is 14.5. The molecule has 118 valence electrons. The summed E-state index contributed by atoms with van der Waals surface area (Å²) in [5.74, 6) is 1.39. The van der Waals surface area contributed by atoms with Gasteiger partial charge in [0, 0.05) is 11.9 Å². The first-order valence-corrected chi connectivity index (χ1v) is 8.35. The molecule has 1 N–H and O–H groups in total. The highest BCUT2D eigenvalue weighted by Gasteiger charge is 2.19. The third-order valence-corrected chi connectivity index (χ3v) is 3.88. The molecule has 0 saturated heterocycles. The number of halogens is 1. The average Bonchev–Trinajstić information content (AvgIpc) is 2.51. The zero-order valence-electron chi connectivity index (χ0n) is 12.9. The molecule has 0 aliphatic heterocycles. The van der Waals surface area contributed by atoms with Crippen molar-refractivity contribution in [3.8, 4) is 11.5 Å². The van der Waals surface area contributed by atoms with Gasteiger partial charge >= 0.3 is 0 Å². The van der Waals surface area contributed by atoms with Gasteiger partial charge < -0.3 is 14.8 Å². The minimum atomic E-state index is -0.153. The van der Waals surface area contributed by atoms with Crippen LogP contribution in [0.5, 0.6) is 11.5 Å². The Labute approximate surface area is 135 Å². The standard InChI is InChI=1S/C16H24BrNO3/c1-4-6-12(9-10-17)11-18-16(19)15-13(20-2)7-5-8-14(15)21-3/h5,7-8,12H,4,6,9-11H2,1-3H3,(H,18,19). The molecule has 0 saturated carbocycles. The minimum Gasteiger partial charge on any atom is -0.496 e. The van der Waals surface area contributed by atoms with E-state index < -0.39 is 0 Å². The molecule has 0 fully saturated rings. The van der Waals surface area contributed by atoms with Crippen LogP contribution < -0.4 is 14.8 Å². The van der Waals surface area contributed by atoms with E-state index in [1.54, 1.807) is 32.4 Å². The fourth-order valence-corrected chi connectivity index (χ4v) is 2.96. The third-order valence-electron chi connectivity index (χ3n) is 3.42. The predicted molar refractivity (Wildman–Crippen MR) is 88.7 cm³/mol. The number of alkyl halides is 1. The van der Waals surface area contributed by atoms with Crippen molar-refractivity contribution in [3.05, 3.63) is 23.8 Å². The molecule has 1 aromatic carbocycles. The molecule has 4 nitrogen and oxygen atoms in total. The van der Waals surface area contributed by atoms with Crippen molar-refractivity contribution in [2.24, 2.45) is 5.92 Å². The van der Waals surface area contributed by atoms with E-state index in [4.69, 9.17) is 9.47 Å². The predicted octanol–water partition coefficient (Wildman–Crippen LogP) is 3.63. The molecule has 1 amide bonds. The van der Waals surface area contributed by atoms with Gasteiger partial charge in [-0.1, -0.05) is 35.3 Å². The number of nitrogens with one attached hydrogen (secondary N) is 1. The van der Waals surface area contributed by atoms with Gasteiger partial charge in [0.15, 0.2) is 0 Å². The third kappa shape index (κ3) is 5.23. The molecule has 1 unspecified atom stereocenters. The van der Waals surface area contributed by atoms with Gasteiger partial charge in [0.2, 0.25) is 0 Å². The Hall–Kier alpha value is -1.23. The average molecular weight is 358 g/mol. The summed E-state index contributed by atoms with van der Waals surface area (Å²) >= 11 is 3.46. The molecule has 21 heavy (non-hydrogen) atoms. The second-order valence-corrected chi connectivity index (χ2v) is 5.67. The summed E-state index contributed by atoms with van der Waals surface area (Å²) in [6.07, 6.45) is 3.28. The molecule has 0 aromatic heterocycles. The van der Waals surface area contributed by atoms with Crippen LogP contribution in [0, 0.1) is 5.92 Å². The van der Waals surface area contributed by atoms with Gasteiger partial charge in [-0.05, 0) is 30.9 Å². The molecule has 1 aromatic rings. The van der Waals surface area contributed by atoms with E-state index in [9.17, 15) is 4.79 Å². The normalized spacial score (nSPS) is 11.8. The second kappa shape index (κ2) is 9.66. The lowest BCUT2D eigenvalue weighted by Gasteiger charge is -2.17. The zero-order chi connectivity index (χ0) is 15.7. The van der Waals surface area contributed by atoms with Gasteiger partial charge in [-0.3, -0.25) is 4.79 Å². The van der Waals surface area contributed by atoms with E-state index in [2.05, 4.69) is 28.2 Å². The van der Waals surface area contributed by atoms with Crippen LogP contribution in [-0.4, -0.2) is 32.0 Å². The van der Waals surface area contributed by atoms with E-state index in [0.29, 0.717) is 29.5 Å². The van der Waals surface area contributed by atoms with Gasteiger partial charge in [-0.25, -0.2) is 0 Å². The Morgan fingerprint density at radius 3 is 2.33 bits per heavy atom. The first-order chi connectivity index (χ1) is 10.2. The van der Waals surface area contributed by atoms with Crippen molar-refractivity contribution >= 4 is 21.8 Å². The molecular formula is C16H24BrNO3. The topological polar surface area (TPSA) is 47.6 Å². The van der Waals surface area contributed by atoms with E-state index >= 15 is 0 Å². The minimum absolute atomic E-state index is 0.153. The quantitative estimate of drug-likeness (QED) is 0.686. The number of hydrogen-bond donors (Lipinski definition) is 1. The summed E-state index contributed by atoms with van der Waals surface area (Å²) in [7, 11) is 3.10. The number of amides is 1. The highest BCUT2D eigenvalue weighted by molar-refractivity contribution is 9.09. The molecule has 1 rings (SSSR count). The molecular weight excluding hydrogens is 334 g/mol. The first-order valence-electron chi connectivity index (χ1n) is 7.23. The molecule has 0 aliphatic rings. The van der Waals surface area contributed by atoms with Crippen molar-refractivity contribution in [1.82, 2.24) is 5.32 Å². The van der Waals surface area contributed by atoms with Crippen LogP contribution in [0.1, 0.15) is 36.5 Å². The Balaban J connectivity index is 2.79. The SMILES string of the molecule is CCCC(CCBr)CNC(=O)c1c(OC)cccc1OC. The number of carbonyl (C=O) groups is 1. The van der Waals surface area contributed by atoms with Gasteiger partial charge in [0.25, 0.3) is 5.91 Å². The lowest BCUT2D eigenvalue weighted by Crippen LogP contribution is -2.30. The molecule has 0 heterocycles. The fraction of sp³-hybridized carbons (Fsp3) is 0.562. The summed E-state index contributed by atoms with van der Waals surface area (Å²) in [4.78, 5) is 12.4. The number of rotatable bonds is 9. The Morgan fingerprint density at radius 2 is 1.86 bits per heavy atom. The van der Waals surface area contributed by atoms with Crippen molar-refractivity contribution in [3.63, 3.8) is 0 Å². The van der Waals surface area contributed by atoms with E-state index in [1.807, 2.05) is 0 Å². The summed E-state index contributed by atoms with van der Waals surface area (Å²) in [5, 5.41) is 3.95. The fourth-order valence-electron chi connectivity index (χ4n) is 2.31. The van der Waals surface area contributed by atoms with Crippen LogP contribution >= 0.6 is 15.9 Å². The summed E-state index contributed by atoms with van der Waals surface area (Å²) in [5.41, 5.74) is 0.455. The summed E-state index contributed by atoms with van der Waals surface area (Å²) in [6.45, 7) is 2.83. The largest absolute Gasteiger partial charge is 0.496 e. The van der Waals surface area contributed by atoms with Crippen LogP contribution in [0.15, 0.2) is 18.2 Å². The molecule has 0 spiro atoms. The number of methoxy groups -OCH3 is 2. The maximum Gasteiger partial charge on any atom is 0.258 e. The number of hydrogen-bond acceptors (Lipinski definition) is 3. The Bertz CT molecular complexity index is 423. The van der Waals surface area contributed by atoms with E-state index in [0.717, 1.165) is 24.6 Å². The smallest absolute Gasteiger partial charge is 0.258 e. The van der Waals surface area contributed by atoms with Crippen LogP contribution in [0.25, 0.3) is 0 Å². The van der Waals surface area contributed by atoms with Gasteiger partial charge in [0.05, 0.1) is 14.2 Å². The lowest BCUT2D eigenvalue weighted by molar-refractivity contribution is 0.0939. The summed E-state index contributed by atoms with van der Waals surface area (Å²) in [6, 6.07) is 5.33. The van der Waals surface area contributed by atoms with Crippen LogP contribution in [0.3, 0.4) is 0 Å². The van der Waals surface area contributed by atoms with Crippen molar-refractivity contribution in [1.29, 1.82) is 0 Å². The molecule has 1 atom stereocenters. The Kier molecular flexibility index (Phi) is 8.20. The monoisotopic (exact) mass is 357 g/mol. The van der Waals surface area contributed by atoms with Crippen LogP contribution in [-0.2, 0) is 0 Å².